The third-order valence-corrected chi connectivity index (χ3v) is 3.81. The van der Waals surface area contributed by atoms with Crippen LogP contribution in [0, 0.1) is 0 Å². The fraction of sp³-hybridized carbons (Fsp3) is 0.455. The highest BCUT2D eigenvalue weighted by atomic mass is 35.5. The molecule has 0 fully saturated rings. The summed E-state index contributed by atoms with van der Waals surface area (Å²) >= 11 is 7.84. The number of hydrogen-bond acceptors (Lipinski definition) is 3. The average Bonchev–Trinajstić information content (AvgIpc) is 2.26. The Morgan fingerprint density at radius 1 is 1.40 bits per heavy atom. The van der Waals surface area contributed by atoms with Gasteiger partial charge in [-0.1, -0.05) is 29.8 Å². The Bertz CT molecular complexity index is 296. The molecule has 0 heterocycles. The van der Waals surface area contributed by atoms with Crippen LogP contribution in [0.5, 0.6) is 0 Å². The van der Waals surface area contributed by atoms with Crippen molar-refractivity contribution in [3.63, 3.8) is 0 Å². The van der Waals surface area contributed by atoms with E-state index in [1.807, 2.05) is 24.3 Å². The van der Waals surface area contributed by atoms with E-state index >= 15 is 0 Å². The van der Waals surface area contributed by atoms with Crippen LogP contribution >= 0.6 is 23.4 Å². The molecule has 0 aliphatic rings. The van der Waals surface area contributed by atoms with Gasteiger partial charge in [-0.05, 0) is 23.8 Å². The van der Waals surface area contributed by atoms with Gasteiger partial charge in [0.15, 0.2) is 0 Å². The van der Waals surface area contributed by atoms with Crippen LogP contribution in [0.25, 0.3) is 0 Å². The quantitative estimate of drug-likeness (QED) is 0.757. The van der Waals surface area contributed by atoms with Crippen molar-refractivity contribution >= 4 is 23.4 Å². The van der Waals surface area contributed by atoms with Gasteiger partial charge in [-0.25, -0.2) is 0 Å². The molecule has 0 aliphatic heterocycles. The molecule has 0 radical (unpaired) electrons. The molecule has 0 aromatic heterocycles. The number of nitrogens with two attached hydrogens (primary N) is 1. The second-order valence-corrected chi connectivity index (χ2v) is 4.91. The third-order valence-electron chi connectivity index (χ3n) is 2.09. The van der Waals surface area contributed by atoms with Crippen LogP contribution in [0.15, 0.2) is 24.3 Å². The van der Waals surface area contributed by atoms with E-state index < -0.39 is 0 Å². The molecule has 15 heavy (non-hydrogen) atoms. The maximum Gasteiger partial charge on any atom is 0.0449 e. The van der Waals surface area contributed by atoms with Crippen LogP contribution in [0.1, 0.15) is 17.2 Å². The first-order valence-electron chi connectivity index (χ1n) is 4.96. The Hall–Kier alpha value is -0.220. The molecule has 0 bridgehead atoms. The van der Waals surface area contributed by atoms with Crippen molar-refractivity contribution < 1.29 is 5.11 Å². The number of benzene rings is 1. The topological polar surface area (TPSA) is 46.2 Å². The molecule has 2 nitrogen and oxygen atoms in total. The minimum Gasteiger partial charge on any atom is -0.396 e. The Balaban J connectivity index is 2.61. The van der Waals surface area contributed by atoms with E-state index in [4.69, 9.17) is 22.4 Å². The van der Waals surface area contributed by atoms with E-state index in [9.17, 15) is 0 Å². The predicted octanol–water partition coefficient (Wildman–Crippen LogP) is 2.46. The van der Waals surface area contributed by atoms with E-state index in [0.717, 1.165) is 22.8 Å². The summed E-state index contributed by atoms with van der Waals surface area (Å²) in [7, 11) is 0. The SMILES string of the molecule is NCC(SCCCO)c1ccccc1Cl. The van der Waals surface area contributed by atoms with Gasteiger partial charge in [0.05, 0.1) is 0 Å². The molecule has 0 amide bonds. The smallest absolute Gasteiger partial charge is 0.0449 e. The molecule has 1 rings (SSSR count). The Kier molecular flexibility index (Phi) is 6.10. The molecular formula is C11H16ClNOS. The van der Waals surface area contributed by atoms with Gasteiger partial charge in [0.25, 0.3) is 0 Å². The van der Waals surface area contributed by atoms with Crippen LogP contribution in [-0.2, 0) is 0 Å². The fourth-order valence-corrected chi connectivity index (χ4v) is 2.74. The first-order chi connectivity index (χ1) is 7.29. The number of aliphatic hydroxyl groups excluding tert-OH is 1. The number of hydrogen-bond donors (Lipinski definition) is 2. The minimum atomic E-state index is 0.227. The van der Waals surface area contributed by atoms with Crippen LogP contribution in [0.2, 0.25) is 5.02 Å². The zero-order valence-electron chi connectivity index (χ0n) is 8.53. The molecule has 0 spiro atoms. The summed E-state index contributed by atoms with van der Waals surface area (Å²) < 4.78 is 0. The van der Waals surface area contributed by atoms with E-state index in [1.54, 1.807) is 11.8 Å². The predicted molar refractivity (Wildman–Crippen MR) is 67.4 cm³/mol. The highest BCUT2D eigenvalue weighted by Crippen LogP contribution is 2.32. The second-order valence-electron chi connectivity index (χ2n) is 3.19. The van der Waals surface area contributed by atoms with Crippen LogP contribution < -0.4 is 5.73 Å². The van der Waals surface area contributed by atoms with Crippen molar-refractivity contribution in [1.29, 1.82) is 0 Å². The average molecular weight is 246 g/mol. The van der Waals surface area contributed by atoms with E-state index in [-0.39, 0.29) is 11.9 Å². The van der Waals surface area contributed by atoms with Crippen molar-refractivity contribution in [2.45, 2.75) is 11.7 Å². The summed E-state index contributed by atoms with van der Waals surface area (Å²) in [4.78, 5) is 0. The molecule has 1 atom stereocenters. The van der Waals surface area contributed by atoms with Crippen LogP contribution in [0.3, 0.4) is 0 Å². The molecule has 1 unspecified atom stereocenters. The lowest BCUT2D eigenvalue weighted by atomic mass is 10.1. The first-order valence-corrected chi connectivity index (χ1v) is 6.39. The molecule has 0 saturated carbocycles. The number of aliphatic hydroxyl groups is 1. The molecule has 84 valence electrons. The van der Waals surface area contributed by atoms with Gasteiger partial charge in [-0.2, -0.15) is 11.8 Å². The lowest BCUT2D eigenvalue weighted by Gasteiger charge is -2.15. The second kappa shape index (κ2) is 7.12. The van der Waals surface area contributed by atoms with Gasteiger partial charge < -0.3 is 10.8 Å². The lowest BCUT2D eigenvalue weighted by Crippen LogP contribution is -2.10. The standard InChI is InChI=1S/C11H16ClNOS/c12-10-5-2-1-4-9(10)11(8-13)15-7-3-6-14/h1-2,4-5,11,14H,3,6-8,13H2. The van der Waals surface area contributed by atoms with Gasteiger partial charge in [0.2, 0.25) is 0 Å². The number of thioether (sulfide) groups is 1. The zero-order valence-corrected chi connectivity index (χ0v) is 10.1. The monoisotopic (exact) mass is 245 g/mol. The number of halogens is 1. The van der Waals surface area contributed by atoms with Crippen molar-refractivity contribution in [1.82, 2.24) is 0 Å². The lowest BCUT2D eigenvalue weighted by molar-refractivity contribution is 0.296. The molecule has 1 aromatic carbocycles. The van der Waals surface area contributed by atoms with Gasteiger partial charge in [-0.3, -0.25) is 0 Å². The van der Waals surface area contributed by atoms with Crippen molar-refractivity contribution in [3.8, 4) is 0 Å². The normalized spacial score (nSPS) is 12.7. The first kappa shape index (κ1) is 12.8. The summed E-state index contributed by atoms with van der Waals surface area (Å²) in [5, 5.41) is 9.70. The zero-order chi connectivity index (χ0) is 11.1. The number of rotatable bonds is 6. The highest BCUT2D eigenvalue weighted by molar-refractivity contribution is 7.99. The largest absolute Gasteiger partial charge is 0.396 e. The molecule has 0 saturated heterocycles. The summed E-state index contributed by atoms with van der Waals surface area (Å²) in [5.41, 5.74) is 6.80. The highest BCUT2D eigenvalue weighted by Gasteiger charge is 2.12. The Morgan fingerprint density at radius 2 is 2.13 bits per heavy atom. The summed E-state index contributed by atoms with van der Waals surface area (Å²) in [6, 6.07) is 7.77. The van der Waals surface area contributed by atoms with Gasteiger partial charge in [0, 0.05) is 23.4 Å². The summed E-state index contributed by atoms with van der Waals surface area (Å²) in [5.74, 6) is 0.906. The van der Waals surface area contributed by atoms with Gasteiger partial charge >= 0.3 is 0 Å². The van der Waals surface area contributed by atoms with Gasteiger partial charge in [-0.15, -0.1) is 0 Å². The van der Waals surface area contributed by atoms with E-state index in [0.29, 0.717) is 6.54 Å². The summed E-state index contributed by atoms with van der Waals surface area (Å²) in [6.45, 7) is 0.798. The fourth-order valence-electron chi connectivity index (χ4n) is 1.31. The Morgan fingerprint density at radius 3 is 2.73 bits per heavy atom. The summed E-state index contributed by atoms with van der Waals surface area (Å²) in [6.07, 6.45) is 0.797. The Labute approximate surface area is 99.8 Å². The van der Waals surface area contributed by atoms with Crippen molar-refractivity contribution in [3.05, 3.63) is 34.9 Å². The molecule has 0 aliphatic carbocycles. The molecule has 1 aromatic rings. The van der Waals surface area contributed by atoms with Crippen LogP contribution in [-0.4, -0.2) is 24.0 Å². The van der Waals surface area contributed by atoms with Crippen molar-refractivity contribution in [2.75, 3.05) is 18.9 Å². The van der Waals surface area contributed by atoms with E-state index in [1.165, 1.54) is 0 Å². The van der Waals surface area contributed by atoms with Gasteiger partial charge in [0.1, 0.15) is 0 Å². The maximum absolute atomic E-state index is 8.71. The van der Waals surface area contributed by atoms with Crippen LogP contribution in [0.4, 0.5) is 0 Å². The maximum atomic E-state index is 8.71. The molecule has 4 heteroatoms. The van der Waals surface area contributed by atoms with Crippen molar-refractivity contribution in [2.24, 2.45) is 5.73 Å². The molecule has 3 N–H and O–H groups in total. The molecular weight excluding hydrogens is 230 g/mol. The van der Waals surface area contributed by atoms with E-state index in [2.05, 4.69) is 0 Å². The third kappa shape index (κ3) is 4.03. The minimum absolute atomic E-state index is 0.227.